The van der Waals surface area contributed by atoms with E-state index >= 15 is 0 Å². The van der Waals surface area contributed by atoms with Crippen LogP contribution in [-0.2, 0) is 14.8 Å². The van der Waals surface area contributed by atoms with Crippen molar-refractivity contribution in [2.45, 2.75) is 56.5 Å². The zero-order valence-electron chi connectivity index (χ0n) is 16.0. The van der Waals surface area contributed by atoms with Gasteiger partial charge in [0.15, 0.2) is 0 Å². The zero-order valence-corrected chi connectivity index (χ0v) is 17.6. The zero-order chi connectivity index (χ0) is 18.9. The number of carbonyl (C=O) groups excluding carboxylic acids is 1. The highest BCUT2D eigenvalue weighted by atomic mass is 35.5. The van der Waals surface area contributed by atoms with Gasteiger partial charge in [-0.2, -0.15) is 4.31 Å². The molecule has 1 aromatic rings. The van der Waals surface area contributed by atoms with Crippen LogP contribution in [0.2, 0.25) is 0 Å². The molecule has 0 bridgehead atoms. The van der Waals surface area contributed by atoms with Crippen LogP contribution in [0, 0.1) is 5.41 Å². The Hall–Kier alpha value is -1.15. The third kappa shape index (κ3) is 4.47. The fraction of sp³-hybridized carbons (Fsp3) is 0.632. The van der Waals surface area contributed by atoms with E-state index in [1.807, 2.05) is 4.90 Å². The Morgan fingerprint density at radius 1 is 1.11 bits per heavy atom. The van der Waals surface area contributed by atoms with Crippen LogP contribution in [0.25, 0.3) is 0 Å². The van der Waals surface area contributed by atoms with Crippen molar-refractivity contribution in [1.82, 2.24) is 9.21 Å². The first-order valence-electron chi connectivity index (χ1n) is 9.35. The third-order valence-electron chi connectivity index (χ3n) is 5.71. The lowest BCUT2D eigenvalue weighted by Gasteiger charge is -2.45. The summed E-state index contributed by atoms with van der Waals surface area (Å²) in [6.07, 6.45) is 2.98. The van der Waals surface area contributed by atoms with Gasteiger partial charge in [0.2, 0.25) is 15.9 Å². The summed E-state index contributed by atoms with van der Waals surface area (Å²) < 4.78 is 27.6. The minimum atomic E-state index is -3.67. The van der Waals surface area contributed by atoms with Crippen LogP contribution in [0.5, 0.6) is 0 Å². The minimum absolute atomic E-state index is 0. The van der Waals surface area contributed by atoms with E-state index in [1.165, 1.54) is 4.31 Å². The van der Waals surface area contributed by atoms with Gasteiger partial charge in [-0.1, -0.05) is 38.5 Å². The summed E-state index contributed by atoms with van der Waals surface area (Å²) in [5, 5.41) is 0. The Labute approximate surface area is 168 Å². The first-order valence-corrected chi connectivity index (χ1v) is 10.8. The van der Waals surface area contributed by atoms with Crippen LogP contribution in [0.15, 0.2) is 35.2 Å². The number of likely N-dealkylation sites (tertiary alicyclic amines) is 1. The maximum Gasteiger partial charge on any atom is 0.243 e. The summed E-state index contributed by atoms with van der Waals surface area (Å²) >= 11 is 0. The first kappa shape index (κ1) is 22.1. The molecule has 2 saturated heterocycles. The van der Waals surface area contributed by atoms with Gasteiger partial charge in [0.1, 0.15) is 6.04 Å². The fourth-order valence-electron chi connectivity index (χ4n) is 3.94. The number of rotatable bonds is 3. The molecular formula is C19H30ClN3O3S. The summed E-state index contributed by atoms with van der Waals surface area (Å²) in [4.78, 5) is 15.3. The van der Waals surface area contributed by atoms with E-state index in [-0.39, 0.29) is 34.7 Å². The van der Waals surface area contributed by atoms with Crippen molar-refractivity contribution < 1.29 is 13.2 Å². The number of hydrogen-bond donors (Lipinski definition) is 1. The molecule has 0 saturated carbocycles. The second kappa shape index (κ2) is 8.47. The van der Waals surface area contributed by atoms with E-state index in [4.69, 9.17) is 5.73 Å². The lowest BCUT2D eigenvalue weighted by molar-refractivity contribution is -0.139. The molecule has 2 N–H and O–H groups in total. The SMILES string of the molecule is CC1(C)CN(C(=O)C2CCCCN2S(=O)(=O)c2ccccc2)CCC1N.Cl. The molecule has 0 spiro atoms. The number of amides is 1. The minimum Gasteiger partial charge on any atom is -0.341 e. The van der Waals surface area contributed by atoms with Gasteiger partial charge in [0, 0.05) is 25.7 Å². The lowest BCUT2D eigenvalue weighted by Crippen LogP contribution is -2.59. The molecule has 0 aromatic heterocycles. The van der Waals surface area contributed by atoms with Gasteiger partial charge in [-0.15, -0.1) is 12.4 Å². The Morgan fingerprint density at radius 2 is 1.78 bits per heavy atom. The van der Waals surface area contributed by atoms with E-state index in [0.29, 0.717) is 26.1 Å². The Kier molecular flexibility index (Phi) is 6.95. The molecule has 2 heterocycles. The molecule has 152 valence electrons. The van der Waals surface area contributed by atoms with Crippen LogP contribution in [-0.4, -0.2) is 55.2 Å². The second-order valence-electron chi connectivity index (χ2n) is 8.08. The van der Waals surface area contributed by atoms with Crippen molar-refractivity contribution in [3.8, 4) is 0 Å². The number of halogens is 1. The quantitative estimate of drug-likeness (QED) is 0.820. The molecule has 6 nitrogen and oxygen atoms in total. The van der Waals surface area contributed by atoms with E-state index in [1.54, 1.807) is 30.3 Å². The molecular weight excluding hydrogens is 386 g/mol. The average Bonchev–Trinajstić information content (AvgIpc) is 2.64. The van der Waals surface area contributed by atoms with Gasteiger partial charge < -0.3 is 10.6 Å². The predicted molar refractivity (Wildman–Crippen MR) is 108 cm³/mol. The monoisotopic (exact) mass is 415 g/mol. The largest absolute Gasteiger partial charge is 0.341 e. The van der Waals surface area contributed by atoms with Gasteiger partial charge in [-0.3, -0.25) is 4.79 Å². The van der Waals surface area contributed by atoms with E-state index in [9.17, 15) is 13.2 Å². The van der Waals surface area contributed by atoms with Crippen LogP contribution < -0.4 is 5.73 Å². The van der Waals surface area contributed by atoms with Gasteiger partial charge in [-0.05, 0) is 36.8 Å². The molecule has 1 aromatic carbocycles. The summed E-state index contributed by atoms with van der Waals surface area (Å²) in [6.45, 7) is 5.69. The van der Waals surface area contributed by atoms with Crippen LogP contribution >= 0.6 is 12.4 Å². The molecule has 27 heavy (non-hydrogen) atoms. The highest BCUT2D eigenvalue weighted by Crippen LogP contribution is 2.31. The van der Waals surface area contributed by atoms with Gasteiger partial charge in [0.25, 0.3) is 0 Å². The summed E-state index contributed by atoms with van der Waals surface area (Å²) in [7, 11) is -3.67. The molecule has 2 unspecified atom stereocenters. The van der Waals surface area contributed by atoms with Crippen molar-refractivity contribution in [2.24, 2.45) is 11.1 Å². The Balaban J connectivity index is 0.00000261. The number of sulfonamides is 1. The summed E-state index contributed by atoms with van der Waals surface area (Å²) in [5.74, 6) is -0.0795. The summed E-state index contributed by atoms with van der Waals surface area (Å²) in [5.41, 5.74) is 6.02. The molecule has 2 aliphatic heterocycles. The van der Waals surface area contributed by atoms with Crippen molar-refractivity contribution in [1.29, 1.82) is 0 Å². The smallest absolute Gasteiger partial charge is 0.243 e. The van der Waals surface area contributed by atoms with Crippen LogP contribution in [0.1, 0.15) is 39.5 Å². The molecule has 2 atom stereocenters. The average molecular weight is 416 g/mol. The number of hydrogen-bond acceptors (Lipinski definition) is 4. The Morgan fingerprint density at radius 3 is 2.41 bits per heavy atom. The van der Waals surface area contributed by atoms with E-state index < -0.39 is 16.1 Å². The summed E-state index contributed by atoms with van der Waals surface area (Å²) in [6, 6.07) is 7.84. The third-order valence-corrected chi connectivity index (χ3v) is 7.63. The van der Waals surface area contributed by atoms with Crippen molar-refractivity contribution >= 4 is 28.3 Å². The van der Waals surface area contributed by atoms with Gasteiger partial charge >= 0.3 is 0 Å². The number of nitrogens with two attached hydrogens (primary N) is 1. The second-order valence-corrected chi connectivity index (χ2v) is 9.97. The maximum absolute atomic E-state index is 13.2. The van der Waals surface area contributed by atoms with Crippen molar-refractivity contribution in [3.63, 3.8) is 0 Å². The van der Waals surface area contributed by atoms with Crippen LogP contribution in [0.3, 0.4) is 0 Å². The highest BCUT2D eigenvalue weighted by Gasteiger charge is 2.42. The van der Waals surface area contributed by atoms with Crippen molar-refractivity contribution in [2.75, 3.05) is 19.6 Å². The first-order chi connectivity index (χ1) is 12.2. The predicted octanol–water partition coefficient (Wildman–Crippen LogP) is 2.24. The number of benzene rings is 1. The molecule has 2 aliphatic rings. The van der Waals surface area contributed by atoms with Gasteiger partial charge in [0.05, 0.1) is 4.90 Å². The van der Waals surface area contributed by atoms with E-state index in [2.05, 4.69) is 13.8 Å². The molecule has 2 fully saturated rings. The molecule has 0 radical (unpaired) electrons. The number of carbonyl (C=O) groups is 1. The van der Waals surface area contributed by atoms with Crippen molar-refractivity contribution in [3.05, 3.63) is 30.3 Å². The molecule has 3 rings (SSSR count). The van der Waals surface area contributed by atoms with Gasteiger partial charge in [-0.25, -0.2) is 8.42 Å². The number of piperidine rings is 2. The topological polar surface area (TPSA) is 83.7 Å². The van der Waals surface area contributed by atoms with Crippen LogP contribution in [0.4, 0.5) is 0 Å². The standard InChI is InChI=1S/C19H29N3O3S.ClH/c1-19(2)14-21(13-11-17(19)20)18(23)16-10-6-7-12-22(16)26(24,25)15-8-4-3-5-9-15;/h3-5,8-9,16-17H,6-7,10-14,20H2,1-2H3;1H. The lowest BCUT2D eigenvalue weighted by atomic mass is 9.79. The normalized spacial score (nSPS) is 26.3. The van der Waals surface area contributed by atoms with E-state index in [0.717, 1.165) is 19.3 Å². The Bertz CT molecular complexity index is 755. The number of nitrogens with zero attached hydrogens (tertiary/aromatic N) is 2. The molecule has 1 amide bonds. The molecule has 8 heteroatoms. The highest BCUT2D eigenvalue weighted by molar-refractivity contribution is 7.89. The molecule has 0 aliphatic carbocycles. The fourth-order valence-corrected chi connectivity index (χ4v) is 5.61. The maximum atomic E-state index is 13.2.